The summed E-state index contributed by atoms with van der Waals surface area (Å²) in [6.45, 7) is 6.59. The van der Waals surface area contributed by atoms with Crippen LogP contribution in [0.1, 0.15) is 20.8 Å². The van der Waals surface area contributed by atoms with E-state index in [0.717, 1.165) is 0 Å². The molecule has 1 N–H and O–H groups in total. The first-order valence-electron chi connectivity index (χ1n) is 4.81. The molecular formula is C8H18N2O3S. The van der Waals surface area contributed by atoms with Crippen molar-refractivity contribution in [2.75, 3.05) is 26.2 Å². The second-order valence-electron chi connectivity index (χ2n) is 3.86. The Hall–Kier alpha value is -0.170. The molecule has 1 heterocycles. The van der Waals surface area contributed by atoms with Crippen LogP contribution in [-0.4, -0.2) is 53.9 Å². The Bertz CT molecular complexity index is 288. The fourth-order valence-corrected chi connectivity index (χ4v) is 3.45. The second-order valence-corrected chi connectivity index (χ2v) is 5.79. The van der Waals surface area contributed by atoms with Crippen LogP contribution in [0, 0.1) is 0 Å². The third-order valence-electron chi connectivity index (χ3n) is 2.39. The predicted molar refractivity (Wildman–Crippen MR) is 54.0 cm³/mol. The molecule has 0 bridgehead atoms. The van der Waals surface area contributed by atoms with Crippen molar-refractivity contribution in [3.05, 3.63) is 0 Å². The Balaban J connectivity index is 2.68. The van der Waals surface area contributed by atoms with Gasteiger partial charge in [0.25, 0.3) is 10.2 Å². The molecule has 0 aromatic carbocycles. The highest BCUT2D eigenvalue weighted by Crippen LogP contribution is 2.24. The van der Waals surface area contributed by atoms with Gasteiger partial charge in [-0.2, -0.15) is 17.0 Å². The minimum Gasteiger partial charge on any atom is -0.387 e. The topological polar surface area (TPSA) is 60.9 Å². The summed E-state index contributed by atoms with van der Waals surface area (Å²) in [5.74, 6) is 0. The molecule has 0 spiro atoms. The summed E-state index contributed by atoms with van der Waals surface area (Å²) in [4.78, 5) is 0. The average molecular weight is 222 g/mol. The lowest BCUT2D eigenvalue weighted by Crippen LogP contribution is -2.64. The minimum atomic E-state index is -3.33. The normalized spacial score (nSPS) is 22.4. The molecule has 0 aliphatic carbocycles. The Morgan fingerprint density at radius 1 is 1.36 bits per heavy atom. The summed E-state index contributed by atoms with van der Waals surface area (Å²) < 4.78 is 26.3. The molecule has 1 aliphatic heterocycles. The maximum atomic E-state index is 11.8. The first-order chi connectivity index (χ1) is 6.33. The summed E-state index contributed by atoms with van der Waals surface area (Å²) >= 11 is 0. The molecule has 0 aromatic rings. The Morgan fingerprint density at radius 3 is 2.07 bits per heavy atom. The van der Waals surface area contributed by atoms with Gasteiger partial charge in [0.15, 0.2) is 0 Å². The molecule has 0 radical (unpaired) electrons. The maximum absolute atomic E-state index is 11.8. The largest absolute Gasteiger partial charge is 0.387 e. The first-order valence-corrected chi connectivity index (χ1v) is 6.21. The van der Waals surface area contributed by atoms with Gasteiger partial charge in [0.2, 0.25) is 0 Å². The van der Waals surface area contributed by atoms with Crippen LogP contribution in [0.3, 0.4) is 0 Å². The van der Waals surface area contributed by atoms with Crippen LogP contribution in [0.4, 0.5) is 0 Å². The van der Waals surface area contributed by atoms with E-state index in [0.29, 0.717) is 13.1 Å². The van der Waals surface area contributed by atoms with Crippen molar-refractivity contribution < 1.29 is 13.5 Å². The number of hydrogen-bond donors (Lipinski definition) is 1. The van der Waals surface area contributed by atoms with Crippen molar-refractivity contribution in [2.45, 2.75) is 26.4 Å². The molecule has 6 heteroatoms. The van der Waals surface area contributed by atoms with Crippen molar-refractivity contribution in [2.24, 2.45) is 0 Å². The molecule has 0 atom stereocenters. The Kier molecular flexibility index (Phi) is 3.20. The first kappa shape index (κ1) is 11.9. The van der Waals surface area contributed by atoms with E-state index in [1.54, 1.807) is 20.8 Å². The minimum absolute atomic E-state index is 0.200. The smallest absolute Gasteiger partial charge is 0.282 e. The van der Waals surface area contributed by atoms with Gasteiger partial charge >= 0.3 is 0 Å². The lowest BCUT2D eigenvalue weighted by atomic mass is 10.0. The molecular weight excluding hydrogens is 204 g/mol. The number of rotatable bonds is 4. The average Bonchev–Trinajstić information content (AvgIpc) is 2.01. The SMILES string of the molecule is CCN(CC)S(=O)(=O)N1CC(C)(O)C1. The maximum Gasteiger partial charge on any atom is 0.282 e. The molecule has 0 aromatic heterocycles. The summed E-state index contributed by atoms with van der Waals surface area (Å²) in [7, 11) is -3.33. The molecule has 0 saturated carbocycles. The fraction of sp³-hybridized carbons (Fsp3) is 1.00. The van der Waals surface area contributed by atoms with Crippen molar-refractivity contribution in [1.29, 1.82) is 0 Å². The third kappa shape index (κ3) is 2.08. The lowest BCUT2D eigenvalue weighted by Gasteiger charge is -2.44. The van der Waals surface area contributed by atoms with Gasteiger partial charge < -0.3 is 5.11 Å². The van der Waals surface area contributed by atoms with E-state index >= 15 is 0 Å². The quantitative estimate of drug-likeness (QED) is 0.706. The van der Waals surface area contributed by atoms with Gasteiger partial charge in [-0.1, -0.05) is 13.8 Å². The van der Waals surface area contributed by atoms with E-state index in [4.69, 9.17) is 0 Å². The molecule has 84 valence electrons. The summed E-state index contributed by atoms with van der Waals surface area (Å²) in [5.41, 5.74) is -0.847. The highest BCUT2D eigenvalue weighted by atomic mass is 32.2. The second kappa shape index (κ2) is 3.77. The van der Waals surface area contributed by atoms with Crippen LogP contribution >= 0.6 is 0 Å². The van der Waals surface area contributed by atoms with E-state index in [2.05, 4.69) is 0 Å². The predicted octanol–water partition coefficient (Wildman–Crippen LogP) is -0.360. The third-order valence-corrected chi connectivity index (χ3v) is 4.47. The van der Waals surface area contributed by atoms with E-state index in [1.807, 2.05) is 0 Å². The van der Waals surface area contributed by atoms with Crippen LogP contribution < -0.4 is 0 Å². The summed E-state index contributed by atoms with van der Waals surface area (Å²) in [6, 6.07) is 0. The van der Waals surface area contributed by atoms with Gasteiger partial charge in [0, 0.05) is 26.2 Å². The molecule has 1 aliphatic rings. The number of nitrogens with zero attached hydrogens (tertiary/aromatic N) is 2. The lowest BCUT2D eigenvalue weighted by molar-refractivity contribution is -0.0449. The Labute approximate surface area is 85.5 Å². The zero-order valence-electron chi connectivity index (χ0n) is 8.89. The highest BCUT2D eigenvalue weighted by Gasteiger charge is 2.44. The van der Waals surface area contributed by atoms with E-state index < -0.39 is 15.8 Å². The van der Waals surface area contributed by atoms with Crippen molar-refractivity contribution >= 4 is 10.2 Å². The van der Waals surface area contributed by atoms with Gasteiger partial charge in [-0.15, -0.1) is 0 Å². The zero-order chi connectivity index (χ0) is 11.0. The molecule has 14 heavy (non-hydrogen) atoms. The number of β-amino-alcohol motifs (C(OH)–C–C–N with tert-alkyl or cyclic N) is 1. The highest BCUT2D eigenvalue weighted by molar-refractivity contribution is 7.86. The summed E-state index contributed by atoms with van der Waals surface area (Å²) in [5, 5.41) is 9.45. The van der Waals surface area contributed by atoms with Gasteiger partial charge in [0.1, 0.15) is 0 Å². The van der Waals surface area contributed by atoms with Crippen LogP contribution in [0.5, 0.6) is 0 Å². The van der Waals surface area contributed by atoms with Crippen LogP contribution in [0.15, 0.2) is 0 Å². The monoisotopic (exact) mass is 222 g/mol. The molecule has 1 fully saturated rings. The number of aliphatic hydroxyl groups is 1. The number of hydrogen-bond acceptors (Lipinski definition) is 3. The van der Waals surface area contributed by atoms with E-state index in [1.165, 1.54) is 8.61 Å². The standard InChI is InChI=1S/C8H18N2O3S/c1-4-9(5-2)14(12,13)10-6-8(3,11)7-10/h11H,4-7H2,1-3H3. The fourth-order valence-electron chi connectivity index (χ4n) is 1.59. The van der Waals surface area contributed by atoms with Gasteiger partial charge in [-0.25, -0.2) is 0 Å². The van der Waals surface area contributed by atoms with Crippen molar-refractivity contribution in [3.8, 4) is 0 Å². The van der Waals surface area contributed by atoms with Crippen molar-refractivity contribution in [3.63, 3.8) is 0 Å². The molecule has 1 saturated heterocycles. The molecule has 0 amide bonds. The molecule has 0 unspecified atom stereocenters. The van der Waals surface area contributed by atoms with Gasteiger partial charge in [-0.3, -0.25) is 0 Å². The Morgan fingerprint density at radius 2 is 1.79 bits per heavy atom. The van der Waals surface area contributed by atoms with Crippen LogP contribution in [0.25, 0.3) is 0 Å². The molecule has 1 rings (SSSR count). The molecule has 5 nitrogen and oxygen atoms in total. The summed E-state index contributed by atoms with van der Waals surface area (Å²) in [6.07, 6.45) is 0. The van der Waals surface area contributed by atoms with Crippen LogP contribution in [0.2, 0.25) is 0 Å². The van der Waals surface area contributed by atoms with E-state index in [-0.39, 0.29) is 13.1 Å². The van der Waals surface area contributed by atoms with Crippen molar-refractivity contribution in [1.82, 2.24) is 8.61 Å². The van der Waals surface area contributed by atoms with Crippen LogP contribution in [-0.2, 0) is 10.2 Å². The zero-order valence-corrected chi connectivity index (χ0v) is 9.71. The van der Waals surface area contributed by atoms with Gasteiger partial charge in [-0.05, 0) is 6.92 Å². The van der Waals surface area contributed by atoms with Gasteiger partial charge in [0.05, 0.1) is 5.60 Å². The van der Waals surface area contributed by atoms with E-state index in [9.17, 15) is 13.5 Å².